The highest BCUT2D eigenvalue weighted by molar-refractivity contribution is 5.88. The molecule has 1 amide bonds. The molecule has 2 atom stereocenters. The maximum atomic E-state index is 11.9. The predicted molar refractivity (Wildman–Crippen MR) is 52.0 cm³/mol. The van der Waals surface area contributed by atoms with E-state index in [0.717, 1.165) is 0 Å². The van der Waals surface area contributed by atoms with Crippen molar-refractivity contribution in [3.05, 3.63) is 47.4 Å². The lowest BCUT2D eigenvalue weighted by Crippen LogP contribution is -3.04. The molecule has 2 unspecified atom stereocenters. The zero-order valence-electron chi connectivity index (χ0n) is 7.90. The lowest BCUT2D eigenvalue weighted by molar-refractivity contribution is -0.687. The first-order chi connectivity index (χ1) is 7.26. The van der Waals surface area contributed by atoms with Crippen molar-refractivity contribution in [1.29, 1.82) is 0 Å². The Kier molecular flexibility index (Phi) is 1.55. The van der Waals surface area contributed by atoms with Gasteiger partial charge in [-0.2, -0.15) is 0 Å². The van der Waals surface area contributed by atoms with Crippen molar-refractivity contribution in [2.75, 3.05) is 0 Å². The molecule has 0 saturated carbocycles. The van der Waals surface area contributed by atoms with E-state index in [1.165, 1.54) is 6.26 Å². The number of hydrogen-bond acceptors (Lipinski definition) is 3. The van der Waals surface area contributed by atoms with E-state index in [4.69, 9.17) is 4.74 Å². The van der Waals surface area contributed by atoms with Crippen molar-refractivity contribution in [2.24, 2.45) is 0 Å². The number of ether oxygens (including phenoxy) is 1. The Balaban J connectivity index is 2.23. The summed E-state index contributed by atoms with van der Waals surface area (Å²) < 4.78 is 5.36. The van der Waals surface area contributed by atoms with Gasteiger partial charge in [-0.1, -0.05) is 12.1 Å². The number of rotatable bonds is 0. The number of hydrogen-bond donors (Lipinski definition) is 1. The number of quaternary nitrogens is 1. The fourth-order valence-corrected chi connectivity index (χ4v) is 2.21. The van der Waals surface area contributed by atoms with E-state index >= 15 is 0 Å². The van der Waals surface area contributed by atoms with Gasteiger partial charge in [-0.05, 0) is 12.1 Å². The lowest BCUT2D eigenvalue weighted by Gasteiger charge is -2.19. The molecule has 76 valence electrons. The van der Waals surface area contributed by atoms with Gasteiger partial charge in [0.15, 0.2) is 0 Å². The van der Waals surface area contributed by atoms with Gasteiger partial charge in [-0.3, -0.25) is 5.06 Å². The molecule has 1 aromatic carbocycles. The van der Waals surface area contributed by atoms with Gasteiger partial charge in [0.25, 0.3) is 5.60 Å². The maximum absolute atomic E-state index is 11.9. The molecule has 2 aliphatic rings. The Bertz CT molecular complexity index is 459. The highest BCUT2D eigenvalue weighted by atomic mass is 16.5. The fourth-order valence-electron chi connectivity index (χ4n) is 2.21. The highest BCUT2D eigenvalue weighted by Crippen LogP contribution is 2.40. The first-order valence-corrected chi connectivity index (χ1v) is 4.77. The van der Waals surface area contributed by atoms with Crippen LogP contribution in [0, 0.1) is 5.21 Å². The van der Waals surface area contributed by atoms with Crippen LogP contribution in [0.5, 0.6) is 0 Å². The molecular formula is C11H9NO3. The second kappa shape index (κ2) is 2.68. The van der Waals surface area contributed by atoms with Crippen LogP contribution in [0.15, 0.2) is 36.6 Å². The molecule has 1 N–H and O–H groups in total. The molecule has 1 spiro atoms. The van der Waals surface area contributed by atoms with Crippen molar-refractivity contribution >= 4 is 11.6 Å². The average Bonchev–Trinajstić information content (AvgIpc) is 2.83. The third-order valence-corrected chi connectivity index (χ3v) is 2.95. The summed E-state index contributed by atoms with van der Waals surface area (Å²) in [5.74, 6) is -0.450. The van der Waals surface area contributed by atoms with Crippen LogP contribution in [0.1, 0.15) is 12.0 Å². The molecule has 0 aromatic heterocycles. The van der Waals surface area contributed by atoms with Crippen LogP contribution < -0.4 is 5.06 Å². The lowest BCUT2D eigenvalue weighted by atomic mass is 9.93. The Morgan fingerprint density at radius 2 is 2.20 bits per heavy atom. The molecule has 0 radical (unpaired) electrons. The van der Waals surface area contributed by atoms with E-state index in [2.05, 4.69) is 0 Å². The number of nitrogens with one attached hydrogen (secondary N) is 1. The third-order valence-electron chi connectivity index (χ3n) is 2.95. The molecule has 0 saturated heterocycles. The predicted octanol–water partition coefficient (Wildman–Crippen LogP) is 0.370. The first kappa shape index (κ1) is 8.64. The summed E-state index contributed by atoms with van der Waals surface area (Å²) in [7, 11) is 0. The Morgan fingerprint density at radius 3 is 2.93 bits per heavy atom. The number of fused-ring (bicyclic) bond motifs is 2. The summed E-state index contributed by atoms with van der Waals surface area (Å²) in [5.41, 5.74) is 0.129. The standard InChI is InChI=1S/C11H9NO3/c13-10-11(6-3-7-15-11)8-4-1-2-5-9(8)12(10)14/h1-5,7,12H,6H2. The first-order valence-electron chi connectivity index (χ1n) is 4.77. The monoisotopic (exact) mass is 203 g/mol. The SMILES string of the molecule is O=C1[NH+]([O-])c2ccccc2C12CC=CO2. The van der Waals surface area contributed by atoms with Gasteiger partial charge in [0.2, 0.25) is 0 Å². The largest absolute Gasteiger partial charge is 0.621 e. The minimum Gasteiger partial charge on any atom is -0.621 e. The molecule has 2 heterocycles. The van der Waals surface area contributed by atoms with Gasteiger partial charge in [0.1, 0.15) is 5.69 Å². The van der Waals surface area contributed by atoms with E-state index in [1.54, 1.807) is 24.3 Å². The normalized spacial score (nSPS) is 32.1. The number of hydroxylamine groups is 1. The van der Waals surface area contributed by atoms with Gasteiger partial charge >= 0.3 is 5.91 Å². The van der Waals surface area contributed by atoms with Crippen molar-refractivity contribution in [3.8, 4) is 0 Å². The summed E-state index contributed by atoms with van der Waals surface area (Å²) in [4.78, 5) is 11.9. The summed E-state index contributed by atoms with van der Waals surface area (Å²) in [6.45, 7) is 0. The van der Waals surface area contributed by atoms with Crippen molar-refractivity contribution < 1.29 is 14.6 Å². The quantitative estimate of drug-likeness (QED) is 0.620. The minimum atomic E-state index is -1.05. The molecule has 1 aromatic rings. The molecule has 0 aliphatic carbocycles. The van der Waals surface area contributed by atoms with E-state index < -0.39 is 16.6 Å². The third kappa shape index (κ3) is 0.900. The summed E-state index contributed by atoms with van der Waals surface area (Å²) >= 11 is 0. The number of amides is 1. The van der Waals surface area contributed by atoms with E-state index in [0.29, 0.717) is 17.7 Å². The molecule has 4 heteroatoms. The van der Waals surface area contributed by atoms with Crippen LogP contribution in [-0.2, 0) is 15.1 Å². The van der Waals surface area contributed by atoms with Gasteiger partial charge in [-0.15, -0.1) is 0 Å². The second-order valence-electron chi connectivity index (χ2n) is 3.72. The maximum Gasteiger partial charge on any atom is 0.366 e. The Hall–Kier alpha value is -1.65. The van der Waals surface area contributed by atoms with Gasteiger partial charge in [-0.25, -0.2) is 4.79 Å². The van der Waals surface area contributed by atoms with Crippen LogP contribution in [-0.4, -0.2) is 5.91 Å². The van der Waals surface area contributed by atoms with Crippen molar-refractivity contribution in [1.82, 2.24) is 0 Å². The topological polar surface area (TPSA) is 53.8 Å². The molecule has 4 nitrogen and oxygen atoms in total. The van der Waals surface area contributed by atoms with Crippen LogP contribution >= 0.6 is 0 Å². The van der Waals surface area contributed by atoms with Crippen LogP contribution in [0.25, 0.3) is 0 Å². The fraction of sp³-hybridized carbons (Fsp3) is 0.182. The van der Waals surface area contributed by atoms with Crippen LogP contribution in [0.3, 0.4) is 0 Å². The second-order valence-corrected chi connectivity index (χ2v) is 3.72. The number of para-hydroxylation sites is 1. The molecule has 3 rings (SSSR count). The van der Waals surface area contributed by atoms with E-state index in [-0.39, 0.29) is 0 Å². The molecule has 0 fully saturated rings. The zero-order chi connectivity index (χ0) is 10.5. The zero-order valence-corrected chi connectivity index (χ0v) is 7.90. The summed E-state index contributed by atoms with van der Waals surface area (Å²) in [6, 6.07) is 7.02. The minimum absolute atomic E-state index is 0.436. The summed E-state index contributed by atoms with van der Waals surface area (Å²) in [5, 5.41) is 11.3. The molecule has 0 bridgehead atoms. The molecular weight excluding hydrogens is 194 g/mol. The van der Waals surface area contributed by atoms with Gasteiger partial charge < -0.3 is 9.94 Å². The Morgan fingerprint density at radius 1 is 1.40 bits per heavy atom. The number of carbonyl (C=O) groups is 1. The number of benzene rings is 1. The van der Waals surface area contributed by atoms with Gasteiger partial charge in [0, 0.05) is 12.5 Å². The van der Waals surface area contributed by atoms with Crippen LogP contribution in [0.4, 0.5) is 5.69 Å². The average molecular weight is 203 g/mol. The molecule has 2 aliphatic heterocycles. The Labute approximate surface area is 86.3 Å². The number of carbonyl (C=O) groups excluding carboxylic acids is 1. The highest BCUT2D eigenvalue weighted by Gasteiger charge is 2.56. The van der Waals surface area contributed by atoms with Crippen LogP contribution in [0.2, 0.25) is 0 Å². The van der Waals surface area contributed by atoms with Gasteiger partial charge in [0.05, 0.1) is 11.8 Å². The molecule has 15 heavy (non-hydrogen) atoms. The summed E-state index contributed by atoms with van der Waals surface area (Å²) in [6.07, 6.45) is 3.72. The van der Waals surface area contributed by atoms with E-state index in [9.17, 15) is 10.0 Å². The van der Waals surface area contributed by atoms with Crippen molar-refractivity contribution in [2.45, 2.75) is 12.0 Å². The smallest absolute Gasteiger partial charge is 0.366 e. The van der Waals surface area contributed by atoms with E-state index in [1.807, 2.05) is 6.07 Å². The van der Waals surface area contributed by atoms with Crippen molar-refractivity contribution in [3.63, 3.8) is 0 Å².